The number of rotatable bonds is 2. The summed E-state index contributed by atoms with van der Waals surface area (Å²) in [5.74, 6) is -0.420. The topological polar surface area (TPSA) is 47.5 Å². The third-order valence-corrected chi connectivity index (χ3v) is 0.910. The first-order chi connectivity index (χ1) is 3.98. The molecular weight excluding hydrogens is 116 g/mol. The van der Waals surface area contributed by atoms with Gasteiger partial charge in [0.1, 0.15) is 6.42 Å². The van der Waals surface area contributed by atoms with Crippen molar-refractivity contribution < 1.29 is 4.79 Å². The molecule has 0 rings (SSSR count). The summed E-state index contributed by atoms with van der Waals surface area (Å²) in [7, 11) is 0. The van der Waals surface area contributed by atoms with Gasteiger partial charge in [-0.3, -0.25) is 4.79 Å². The van der Waals surface area contributed by atoms with Crippen LogP contribution in [0, 0.1) is 6.57 Å². The van der Waals surface area contributed by atoms with E-state index in [1.54, 1.807) is 13.8 Å². The summed E-state index contributed by atoms with van der Waals surface area (Å²) in [4.78, 5) is 13.5. The molecule has 0 aliphatic carbocycles. The minimum absolute atomic E-state index is 0.135. The molecule has 0 radical (unpaired) electrons. The second-order valence-corrected chi connectivity index (χ2v) is 2.57. The zero-order chi connectivity index (χ0) is 7.49. The van der Waals surface area contributed by atoms with E-state index in [1.807, 2.05) is 0 Å². The molecule has 0 heterocycles. The van der Waals surface area contributed by atoms with E-state index in [0.29, 0.717) is 0 Å². The highest BCUT2D eigenvalue weighted by molar-refractivity contribution is 5.75. The zero-order valence-corrected chi connectivity index (χ0v) is 5.64. The number of hydrogen-bond donors (Lipinski definition) is 1. The first-order valence-corrected chi connectivity index (χ1v) is 2.65. The van der Waals surface area contributed by atoms with Gasteiger partial charge in [0.25, 0.3) is 0 Å². The van der Waals surface area contributed by atoms with Crippen LogP contribution in [-0.4, -0.2) is 11.4 Å². The number of nitrogens with zero attached hydrogens (tertiary/aromatic N) is 1. The molecule has 0 saturated carbocycles. The standard InChI is InChI=1S/C6H10N2O/c1-6(2,8-3)4-5(7)9/h4H2,1-2H3,(H2,7,9). The lowest BCUT2D eigenvalue weighted by Gasteiger charge is -2.06. The van der Waals surface area contributed by atoms with Crippen molar-refractivity contribution in [2.75, 3.05) is 0 Å². The maximum Gasteiger partial charge on any atom is 0.235 e. The first-order valence-electron chi connectivity index (χ1n) is 2.65. The molecule has 0 atom stereocenters. The van der Waals surface area contributed by atoms with Gasteiger partial charge in [-0.05, 0) is 0 Å². The average Bonchev–Trinajstić information content (AvgIpc) is 1.63. The van der Waals surface area contributed by atoms with E-state index in [9.17, 15) is 4.79 Å². The predicted molar refractivity (Wildman–Crippen MR) is 34.5 cm³/mol. The van der Waals surface area contributed by atoms with Gasteiger partial charge in [0.05, 0.1) is 0 Å². The molecule has 0 spiro atoms. The summed E-state index contributed by atoms with van der Waals surface area (Å²) >= 11 is 0. The summed E-state index contributed by atoms with van der Waals surface area (Å²) in [6, 6.07) is 0. The van der Waals surface area contributed by atoms with Crippen molar-refractivity contribution in [3.05, 3.63) is 11.4 Å². The van der Waals surface area contributed by atoms with E-state index >= 15 is 0 Å². The molecule has 0 aliphatic rings. The number of carbonyl (C=O) groups excluding carboxylic acids is 1. The third-order valence-electron chi connectivity index (χ3n) is 0.910. The molecule has 50 valence electrons. The summed E-state index contributed by atoms with van der Waals surface area (Å²) < 4.78 is 0. The summed E-state index contributed by atoms with van der Waals surface area (Å²) in [5.41, 5.74) is 4.25. The quantitative estimate of drug-likeness (QED) is 0.540. The Balaban J connectivity index is 3.91. The van der Waals surface area contributed by atoms with Gasteiger partial charge in [-0.1, -0.05) is 0 Å². The monoisotopic (exact) mass is 126 g/mol. The van der Waals surface area contributed by atoms with Crippen LogP contribution < -0.4 is 5.73 Å². The van der Waals surface area contributed by atoms with Crippen LogP contribution in [0.25, 0.3) is 4.85 Å². The molecule has 9 heavy (non-hydrogen) atoms. The SMILES string of the molecule is [C-]#[N+]C(C)(C)CC(N)=O. The van der Waals surface area contributed by atoms with Crippen LogP contribution in [0.5, 0.6) is 0 Å². The van der Waals surface area contributed by atoms with E-state index in [4.69, 9.17) is 12.3 Å². The van der Waals surface area contributed by atoms with Gasteiger partial charge in [0.2, 0.25) is 11.4 Å². The molecule has 0 saturated heterocycles. The lowest BCUT2D eigenvalue weighted by molar-refractivity contribution is -0.118. The van der Waals surface area contributed by atoms with Gasteiger partial charge in [-0.25, -0.2) is 6.57 Å². The molecule has 3 heteroatoms. The molecule has 2 N–H and O–H groups in total. The number of nitrogens with two attached hydrogens (primary N) is 1. The predicted octanol–water partition coefficient (Wildman–Crippen LogP) is 0.560. The Morgan fingerprint density at radius 1 is 1.78 bits per heavy atom. The molecular formula is C6H10N2O. The molecule has 0 unspecified atom stereocenters. The van der Waals surface area contributed by atoms with Gasteiger partial charge >= 0.3 is 0 Å². The minimum atomic E-state index is -0.619. The Kier molecular flexibility index (Phi) is 2.20. The van der Waals surface area contributed by atoms with Crippen molar-refractivity contribution in [2.45, 2.75) is 25.8 Å². The van der Waals surface area contributed by atoms with Crippen molar-refractivity contribution in [1.29, 1.82) is 0 Å². The van der Waals surface area contributed by atoms with Gasteiger partial charge in [0, 0.05) is 13.8 Å². The fourth-order valence-electron chi connectivity index (χ4n) is 0.466. The molecule has 0 aromatic carbocycles. The summed E-state index contributed by atoms with van der Waals surface area (Å²) in [6.45, 7) is 9.99. The number of primary amides is 1. The maximum absolute atomic E-state index is 10.3. The van der Waals surface area contributed by atoms with Crippen molar-refractivity contribution in [2.24, 2.45) is 5.73 Å². The largest absolute Gasteiger partial charge is 0.369 e. The Morgan fingerprint density at radius 3 is 2.33 bits per heavy atom. The van der Waals surface area contributed by atoms with E-state index in [-0.39, 0.29) is 6.42 Å². The highest BCUT2D eigenvalue weighted by Gasteiger charge is 2.24. The lowest BCUT2D eigenvalue weighted by Crippen LogP contribution is -2.24. The fourth-order valence-corrected chi connectivity index (χ4v) is 0.466. The molecule has 0 aromatic heterocycles. The van der Waals surface area contributed by atoms with Crippen molar-refractivity contribution in [1.82, 2.24) is 0 Å². The zero-order valence-electron chi connectivity index (χ0n) is 5.64. The Labute approximate surface area is 54.7 Å². The summed E-state index contributed by atoms with van der Waals surface area (Å²) in [6.07, 6.45) is 0.135. The highest BCUT2D eigenvalue weighted by Crippen LogP contribution is 2.12. The number of carbonyl (C=O) groups is 1. The molecule has 0 aromatic rings. The van der Waals surface area contributed by atoms with Gasteiger partial charge < -0.3 is 10.6 Å². The van der Waals surface area contributed by atoms with Crippen LogP contribution in [0.2, 0.25) is 0 Å². The van der Waals surface area contributed by atoms with Crippen LogP contribution >= 0.6 is 0 Å². The normalized spacial score (nSPS) is 10.3. The van der Waals surface area contributed by atoms with Gasteiger partial charge in [-0.2, -0.15) is 0 Å². The van der Waals surface area contributed by atoms with Crippen molar-refractivity contribution in [3.63, 3.8) is 0 Å². The maximum atomic E-state index is 10.3. The van der Waals surface area contributed by atoms with Crippen LogP contribution in [0.3, 0.4) is 0 Å². The molecule has 0 bridgehead atoms. The van der Waals surface area contributed by atoms with Gasteiger partial charge in [0.15, 0.2) is 0 Å². The van der Waals surface area contributed by atoms with Crippen molar-refractivity contribution in [3.8, 4) is 0 Å². The Bertz CT molecular complexity index is 155. The van der Waals surface area contributed by atoms with Crippen LogP contribution in [0.1, 0.15) is 20.3 Å². The smallest absolute Gasteiger partial charge is 0.235 e. The average molecular weight is 126 g/mol. The van der Waals surface area contributed by atoms with Gasteiger partial charge in [-0.15, -0.1) is 0 Å². The van der Waals surface area contributed by atoms with E-state index in [1.165, 1.54) is 0 Å². The van der Waals surface area contributed by atoms with Crippen LogP contribution in [0.4, 0.5) is 0 Å². The third kappa shape index (κ3) is 3.53. The van der Waals surface area contributed by atoms with E-state index in [2.05, 4.69) is 4.85 Å². The first kappa shape index (κ1) is 7.96. The van der Waals surface area contributed by atoms with Crippen molar-refractivity contribution >= 4 is 5.91 Å². The Hall–Kier alpha value is -1.04. The van der Waals surface area contributed by atoms with E-state index < -0.39 is 11.4 Å². The van der Waals surface area contributed by atoms with Crippen LogP contribution in [0.15, 0.2) is 0 Å². The second-order valence-electron chi connectivity index (χ2n) is 2.57. The van der Waals surface area contributed by atoms with E-state index in [0.717, 1.165) is 0 Å². The number of amides is 1. The van der Waals surface area contributed by atoms with Crippen LogP contribution in [-0.2, 0) is 4.79 Å². The molecule has 1 amide bonds. The molecule has 3 nitrogen and oxygen atoms in total. The second kappa shape index (κ2) is 2.49. The highest BCUT2D eigenvalue weighted by atomic mass is 16.1. The number of hydrogen-bond acceptors (Lipinski definition) is 1. The lowest BCUT2D eigenvalue weighted by atomic mass is 10.0. The fraction of sp³-hybridized carbons (Fsp3) is 0.667. The molecule has 0 aliphatic heterocycles. The minimum Gasteiger partial charge on any atom is -0.369 e. The summed E-state index contributed by atoms with van der Waals surface area (Å²) in [5, 5.41) is 0. The molecule has 0 fully saturated rings. The Morgan fingerprint density at radius 2 is 2.22 bits per heavy atom.